The summed E-state index contributed by atoms with van der Waals surface area (Å²) in [5.74, 6) is -0.135. The van der Waals surface area contributed by atoms with Crippen molar-refractivity contribution in [3.05, 3.63) is 50.9 Å². The number of hydrogen-bond donors (Lipinski definition) is 0. The molecule has 1 aromatic carbocycles. The highest BCUT2D eigenvalue weighted by atomic mass is 35.5. The largest absolute Gasteiger partial charge is 0.443 e. The summed E-state index contributed by atoms with van der Waals surface area (Å²) >= 11 is 6.44. The quantitative estimate of drug-likeness (QED) is 0.744. The van der Waals surface area contributed by atoms with Crippen LogP contribution in [0.4, 0.5) is 13.2 Å². The molecule has 0 amide bonds. The van der Waals surface area contributed by atoms with Gasteiger partial charge >= 0.3 is 6.18 Å². The molecule has 0 aliphatic carbocycles. The first-order valence-corrected chi connectivity index (χ1v) is 6.95. The van der Waals surface area contributed by atoms with Crippen molar-refractivity contribution < 1.29 is 13.2 Å². The molecule has 0 N–H and O–H groups in total. The molecular formula is C13H11ClF3NS. The summed E-state index contributed by atoms with van der Waals surface area (Å²) in [5.41, 5.74) is 1.38. The number of thiazole rings is 1. The Bertz CT molecular complexity index is 548. The highest BCUT2D eigenvalue weighted by molar-refractivity contribution is 7.09. The maximum absolute atomic E-state index is 12.6. The van der Waals surface area contributed by atoms with Crippen LogP contribution in [0, 0.1) is 0 Å². The van der Waals surface area contributed by atoms with E-state index in [1.54, 1.807) is 12.1 Å². The number of hydrogen-bond acceptors (Lipinski definition) is 2. The predicted molar refractivity (Wildman–Crippen MR) is 70.7 cm³/mol. The van der Waals surface area contributed by atoms with Gasteiger partial charge in [-0.2, -0.15) is 13.2 Å². The van der Waals surface area contributed by atoms with Gasteiger partial charge in [0.2, 0.25) is 0 Å². The average Bonchev–Trinajstić information content (AvgIpc) is 2.82. The smallest absolute Gasteiger partial charge is 0.237 e. The van der Waals surface area contributed by atoms with Gasteiger partial charge in [0.15, 0.2) is 5.01 Å². The predicted octanol–water partition coefficient (Wildman–Crippen LogP) is 5.36. The molecule has 0 spiro atoms. The van der Waals surface area contributed by atoms with Crippen molar-refractivity contribution in [2.45, 2.75) is 25.4 Å². The molecule has 0 saturated heterocycles. The molecule has 0 fully saturated rings. The summed E-state index contributed by atoms with van der Waals surface area (Å²) in [6.07, 6.45) is -3.69. The van der Waals surface area contributed by atoms with E-state index in [-0.39, 0.29) is 5.92 Å². The molecule has 0 aliphatic rings. The van der Waals surface area contributed by atoms with Crippen LogP contribution in [0.5, 0.6) is 0 Å². The van der Waals surface area contributed by atoms with E-state index in [9.17, 15) is 13.2 Å². The van der Waals surface area contributed by atoms with Gasteiger partial charge in [0, 0.05) is 16.3 Å². The normalized spacial score (nSPS) is 13.5. The number of rotatable bonds is 3. The second-order valence-electron chi connectivity index (χ2n) is 4.09. The minimum Gasteiger partial charge on any atom is -0.237 e. The molecule has 2 rings (SSSR count). The van der Waals surface area contributed by atoms with E-state index < -0.39 is 11.2 Å². The molecule has 6 heteroatoms. The summed E-state index contributed by atoms with van der Waals surface area (Å²) in [7, 11) is 0. The molecule has 1 nitrogen and oxygen atoms in total. The molecule has 1 aromatic heterocycles. The molecule has 2 aromatic rings. The highest BCUT2D eigenvalue weighted by Crippen LogP contribution is 2.35. The summed E-state index contributed by atoms with van der Waals surface area (Å²) < 4.78 is 37.7. The molecule has 0 radical (unpaired) electrons. The minimum absolute atomic E-state index is 0.135. The number of halogens is 4. The molecule has 0 saturated carbocycles. The second kappa shape index (κ2) is 5.51. The van der Waals surface area contributed by atoms with Crippen LogP contribution in [0.1, 0.15) is 35.5 Å². The zero-order chi connectivity index (χ0) is 14.0. The molecule has 102 valence electrons. The Morgan fingerprint density at radius 1 is 1.26 bits per heavy atom. The lowest BCUT2D eigenvalue weighted by Crippen LogP contribution is -2.06. The van der Waals surface area contributed by atoms with Crippen molar-refractivity contribution in [2.75, 3.05) is 0 Å². The first kappa shape index (κ1) is 14.3. The summed E-state index contributed by atoms with van der Waals surface area (Å²) in [6, 6.07) is 7.11. The Labute approximate surface area is 118 Å². The Morgan fingerprint density at radius 3 is 2.37 bits per heavy atom. The maximum Gasteiger partial charge on any atom is 0.443 e. The third-order valence-corrected chi connectivity index (χ3v) is 3.96. The van der Waals surface area contributed by atoms with E-state index in [2.05, 4.69) is 4.98 Å². The number of alkyl halides is 3. The molecular weight excluding hydrogens is 295 g/mol. The SMILES string of the molecule is CCC(c1ccc(Cl)cc1)c1csc(C(F)(F)F)n1. The van der Waals surface area contributed by atoms with Crippen LogP contribution in [-0.2, 0) is 6.18 Å². The first-order valence-electron chi connectivity index (χ1n) is 5.70. The lowest BCUT2D eigenvalue weighted by Gasteiger charge is -2.13. The van der Waals surface area contributed by atoms with Gasteiger partial charge in [-0.25, -0.2) is 4.98 Å². The van der Waals surface area contributed by atoms with Crippen molar-refractivity contribution >= 4 is 22.9 Å². The zero-order valence-corrected chi connectivity index (χ0v) is 11.6. The lowest BCUT2D eigenvalue weighted by atomic mass is 9.94. The van der Waals surface area contributed by atoms with Gasteiger partial charge in [0.25, 0.3) is 0 Å². The lowest BCUT2D eigenvalue weighted by molar-refractivity contribution is -0.137. The van der Waals surface area contributed by atoms with Crippen LogP contribution >= 0.6 is 22.9 Å². The van der Waals surface area contributed by atoms with Crippen molar-refractivity contribution in [2.24, 2.45) is 0 Å². The summed E-state index contributed by atoms with van der Waals surface area (Å²) in [6.45, 7) is 1.92. The average molecular weight is 306 g/mol. The van der Waals surface area contributed by atoms with Crippen molar-refractivity contribution in [3.8, 4) is 0 Å². The monoisotopic (exact) mass is 305 g/mol. The fraction of sp³-hybridized carbons (Fsp3) is 0.308. The van der Waals surface area contributed by atoms with E-state index >= 15 is 0 Å². The fourth-order valence-electron chi connectivity index (χ4n) is 1.89. The van der Waals surface area contributed by atoms with Gasteiger partial charge in [-0.05, 0) is 24.1 Å². The number of aromatic nitrogens is 1. The van der Waals surface area contributed by atoms with Gasteiger partial charge in [-0.3, -0.25) is 0 Å². The third-order valence-electron chi connectivity index (χ3n) is 2.80. The third kappa shape index (κ3) is 3.28. The van der Waals surface area contributed by atoms with Crippen molar-refractivity contribution in [1.82, 2.24) is 4.98 Å². The molecule has 0 bridgehead atoms. The van der Waals surface area contributed by atoms with Crippen LogP contribution in [0.15, 0.2) is 29.6 Å². The highest BCUT2D eigenvalue weighted by Gasteiger charge is 2.35. The zero-order valence-electron chi connectivity index (χ0n) is 10.0. The Kier molecular flexibility index (Phi) is 4.16. The van der Waals surface area contributed by atoms with E-state index in [0.717, 1.165) is 5.56 Å². The van der Waals surface area contributed by atoms with Gasteiger partial charge in [-0.1, -0.05) is 30.7 Å². The number of benzene rings is 1. The number of nitrogens with zero attached hydrogens (tertiary/aromatic N) is 1. The van der Waals surface area contributed by atoms with Crippen molar-refractivity contribution in [3.63, 3.8) is 0 Å². The Morgan fingerprint density at radius 2 is 1.89 bits per heavy atom. The molecule has 0 aliphatic heterocycles. The van der Waals surface area contributed by atoms with E-state index in [1.165, 1.54) is 5.38 Å². The molecule has 1 atom stereocenters. The van der Waals surface area contributed by atoms with Crippen molar-refractivity contribution in [1.29, 1.82) is 0 Å². The minimum atomic E-state index is -4.37. The van der Waals surface area contributed by atoms with Gasteiger partial charge in [0.05, 0.1) is 5.69 Å². The van der Waals surface area contributed by atoms with Crippen LogP contribution in [0.2, 0.25) is 5.02 Å². The van der Waals surface area contributed by atoms with Crippen LogP contribution < -0.4 is 0 Å². The van der Waals surface area contributed by atoms with Crippen LogP contribution in [-0.4, -0.2) is 4.98 Å². The first-order chi connectivity index (χ1) is 8.91. The Hall–Kier alpha value is -1.07. The molecule has 1 unspecified atom stereocenters. The molecule has 19 heavy (non-hydrogen) atoms. The van der Waals surface area contributed by atoms with Crippen LogP contribution in [0.3, 0.4) is 0 Å². The van der Waals surface area contributed by atoms with Gasteiger partial charge in [-0.15, -0.1) is 11.3 Å². The molecule has 1 heterocycles. The van der Waals surface area contributed by atoms with Gasteiger partial charge < -0.3 is 0 Å². The van der Waals surface area contributed by atoms with Gasteiger partial charge in [0.1, 0.15) is 0 Å². The standard InChI is InChI=1S/C13H11ClF3NS/c1-2-10(8-3-5-9(14)6-4-8)11-7-19-12(18-11)13(15,16)17/h3-7,10H,2H2,1H3. The van der Waals surface area contributed by atoms with E-state index in [4.69, 9.17) is 11.6 Å². The fourth-order valence-corrected chi connectivity index (χ4v) is 2.75. The maximum atomic E-state index is 12.6. The second-order valence-corrected chi connectivity index (χ2v) is 5.38. The van der Waals surface area contributed by atoms with Crippen LogP contribution in [0.25, 0.3) is 0 Å². The Balaban J connectivity index is 2.32. The van der Waals surface area contributed by atoms with E-state index in [1.807, 2.05) is 19.1 Å². The summed E-state index contributed by atoms with van der Waals surface area (Å²) in [4.78, 5) is 3.71. The summed E-state index contributed by atoms with van der Waals surface area (Å²) in [5, 5.41) is 1.29. The topological polar surface area (TPSA) is 12.9 Å². The van der Waals surface area contributed by atoms with E-state index in [0.29, 0.717) is 28.5 Å².